The molecule has 2 atom stereocenters. The molecule has 0 aromatic heterocycles. The van der Waals surface area contributed by atoms with Crippen LogP contribution >= 0.6 is 11.6 Å². The highest BCUT2D eigenvalue weighted by Gasteiger charge is 2.32. The van der Waals surface area contributed by atoms with E-state index in [0.717, 1.165) is 6.54 Å². The standard InChI is InChI=1S/C12H21ClN2O/c13-8-12(16)14-9-10-4-3-7-15-6-2-1-5-11(10)15/h10-11H,1-9H2,(H,14,16)/t10-,11?/m1/s1. The van der Waals surface area contributed by atoms with Crippen LogP contribution in [-0.4, -0.2) is 42.4 Å². The normalized spacial score (nSPS) is 30.8. The minimum absolute atomic E-state index is 0.0328. The highest BCUT2D eigenvalue weighted by atomic mass is 35.5. The maximum atomic E-state index is 11.2. The topological polar surface area (TPSA) is 32.3 Å². The van der Waals surface area contributed by atoms with Gasteiger partial charge in [0.25, 0.3) is 0 Å². The maximum Gasteiger partial charge on any atom is 0.234 e. The van der Waals surface area contributed by atoms with Crippen molar-refractivity contribution in [3.8, 4) is 0 Å². The van der Waals surface area contributed by atoms with Crippen molar-refractivity contribution in [2.24, 2.45) is 5.92 Å². The van der Waals surface area contributed by atoms with Gasteiger partial charge in [-0.25, -0.2) is 0 Å². The molecule has 1 amide bonds. The summed E-state index contributed by atoms with van der Waals surface area (Å²) in [7, 11) is 0. The van der Waals surface area contributed by atoms with Crippen LogP contribution in [0.3, 0.4) is 0 Å². The fraction of sp³-hybridized carbons (Fsp3) is 0.917. The second kappa shape index (κ2) is 5.87. The van der Waals surface area contributed by atoms with E-state index in [1.165, 1.54) is 45.2 Å². The summed E-state index contributed by atoms with van der Waals surface area (Å²) in [5.74, 6) is 0.692. The average Bonchev–Trinajstić information content (AvgIpc) is 2.35. The van der Waals surface area contributed by atoms with Crippen LogP contribution < -0.4 is 5.32 Å². The second-order valence-electron chi connectivity index (χ2n) is 4.94. The molecule has 0 aromatic rings. The second-order valence-corrected chi connectivity index (χ2v) is 5.21. The van der Waals surface area contributed by atoms with Gasteiger partial charge in [-0.3, -0.25) is 4.79 Å². The lowest BCUT2D eigenvalue weighted by molar-refractivity contribution is -0.119. The molecule has 2 heterocycles. The molecule has 2 rings (SSSR count). The van der Waals surface area contributed by atoms with Crippen LogP contribution in [0.1, 0.15) is 32.1 Å². The van der Waals surface area contributed by atoms with Crippen molar-refractivity contribution in [1.82, 2.24) is 10.2 Å². The Morgan fingerprint density at radius 3 is 2.88 bits per heavy atom. The number of halogens is 1. The van der Waals surface area contributed by atoms with E-state index < -0.39 is 0 Å². The van der Waals surface area contributed by atoms with Gasteiger partial charge >= 0.3 is 0 Å². The maximum absolute atomic E-state index is 11.2. The molecule has 3 nitrogen and oxygen atoms in total. The Hall–Kier alpha value is -0.280. The van der Waals surface area contributed by atoms with Crippen molar-refractivity contribution >= 4 is 17.5 Å². The molecule has 0 aromatic carbocycles. The number of alkyl halides is 1. The summed E-state index contributed by atoms with van der Waals surface area (Å²) in [6, 6.07) is 0.707. The molecule has 92 valence electrons. The predicted octanol–water partition coefficient (Wildman–Crippen LogP) is 1.61. The summed E-state index contributed by atoms with van der Waals surface area (Å²) in [6.45, 7) is 3.32. The lowest BCUT2D eigenvalue weighted by Crippen LogP contribution is -2.51. The number of piperidine rings is 2. The van der Waals surface area contributed by atoms with Gasteiger partial charge in [0, 0.05) is 12.6 Å². The molecular weight excluding hydrogens is 224 g/mol. The largest absolute Gasteiger partial charge is 0.355 e. The van der Waals surface area contributed by atoms with Crippen LogP contribution in [0, 0.1) is 5.92 Å². The van der Waals surface area contributed by atoms with Crippen molar-refractivity contribution in [2.75, 3.05) is 25.5 Å². The summed E-state index contributed by atoms with van der Waals surface area (Å²) in [4.78, 5) is 13.8. The number of hydrogen-bond acceptors (Lipinski definition) is 2. The Morgan fingerprint density at radius 2 is 2.06 bits per heavy atom. The number of carbonyl (C=O) groups excluding carboxylic acids is 1. The smallest absolute Gasteiger partial charge is 0.234 e. The molecular formula is C12H21ClN2O. The lowest BCUT2D eigenvalue weighted by Gasteiger charge is -2.44. The SMILES string of the molecule is O=C(CCl)NC[C@H]1CCCN2CCCCC12. The molecule has 0 saturated carbocycles. The summed E-state index contributed by atoms with van der Waals surface area (Å²) >= 11 is 5.48. The van der Waals surface area contributed by atoms with Gasteiger partial charge in [-0.15, -0.1) is 11.6 Å². The molecule has 0 aliphatic carbocycles. The van der Waals surface area contributed by atoms with E-state index in [0.29, 0.717) is 12.0 Å². The van der Waals surface area contributed by atoms with Gasteiger partial charge in [-0.05, 0) is 44.7 Å². The van der Waals surface area contributed by atoms with E-state index in [1.54, 1.807) is 0 Å². The number of rotatable bonds is 3. The first kappa shape index (κ1) is 12.2. The number of fused-ring (bicyclic) bond motifs is 1. The van der Waals surface area contributed by atoms with E-state index in [2.05, 4.69) is 10.2 Å². The van der Waals surface area contributed by atoms with Gasteiger partial charge in [0.05, 0.1) is 0 Å². The molecule has 2 aliphatic heterocycles. The number of hydrogen-bond donors (Lipinski definition) is 1. The van der Waals surface area contributed by atoms with E-state index in [1.807, 2.05) is 0 Å². The Labute approximate surface area is 103 Å². The summed E-state index contributed by atoms with van der Waals surface area (Å²) < 4.78 is 0. The fourth-order valence-corrected chi connectivity index (χ4v) is 3.20. The molecule has 16 heavy (non-hydrogen) atoms. The zero-order chi connectivity index (χ0) is 11.4. The van der Waals surface area contributed by atoms with Crippen LogP contribution in [0.2, 0.25) is 0 Å². The molecule has 0 radical (unpaired) electrons. The Kier molecular flexibility index (Phi) is 4.47. The third-order valence-electron chi connectivity index (χ3n) is 3.91. The monoisotopic (exact) mass is 244 g/mol. The summed E-state index contributed by atoms with van der Waals surface area (Å²) in [5.41, 5.74) is 0. The van der Waals surface area contributed by atoms with E-state index in [9.17, 15) is 4.79 Å². The van der Waals surface area contributed by atoms with Crippen molar-refractivity contribution in [3.05, 3.63) is 0 Å². The average molecular weight is 245 g/mol. The predicted molar refractivity (Wildman–Crippen MR) is 65.7 cm³/mol. The van der Waals surface area contributed by atoms with Gasteiger partial charge in [0.15, 0.2) is 0 Å². The van der Waals surface area contributed by atoms with Crippen LogP contribution in [-0.2, 0) is 4.79 Å². The van der Waals surface area contributed by atoms with Gasteiger partial charge in [0.1, 0.15) is 5.88 Å². The van der Waals surface area contributed by atoms with Crippen molar-refractivity contribution in [1.29, 1.82) is 0 Å². The molecule has 0 spiro atoms. The number of nitrogens with zero attached hydrogens (tertiary/aromatic N) is 1. The van der Waals surface area contributed by atoms with Crippen LogP contribution in [0.25, 0.3) is 0 Å². The Bertz CT molecular complexity index is 245. The minimum atomic E-state index is -0.0328. The molecule has 2 saturated heterocycles. The molecule has 4 heteroatoms. The van der Waals surface area contributed by atoms with Gasteiger partial charge in [0.2, 0.25) is 5.91 Å². The highest BCUT2D eigenvalue weighted by molar-refractivity contribution is 6.27. The lowest BCUT2D eigenvalue weighted by atomic mass is 9.83. The fourth-order valence-electron chi connectivity index (χ4n) is 3.11. The first-order valence-electron chi connectivity index (χ1n) is 6.38. The first-order valence-corrected chi connectivity index (χ1v) is 6.91. The third kappa shape index (κ3) is 2.89. The highest BCUT2D eigenvalue weighted by Crippen LogP contribution is 2.30. The molecule has 2 fully saturated rings. The number of carbonyl (C=O) groups is 1. The van der Waals surface area contributed by atoms with Crippen LogP contribution in [0.15, 0.2) is 0 Å². The molecule has 1 N–H and O–H groups in total. The quantitative estimate of drug-likeness (QED) is 0.765. The van der Waals surface area contributed by atoms with Gasteiger partial charge in [-0.1, -0.05) is 6.42 Å². The van der Waals surface area contributed by atoms with E-state index in [-0.39, 0.29) is 11.8 Å². The van der Waals surface area contributed by atoms with Crippen molar-refractivity contribution < 1.29 is 4.79 Å². The summed E-state index contributed by atoms with van der Waals surface area (Å²) in [5, 5.41) is 2.94. The van der Waals surface area contributed by atoms with E-state index in [4.69, 9.17) is 11.6 Å². The molecule has 2 aliphatic rings. The van der Waals surface area contributed by atoms with Crippen molar-refractivity contribution in [3.63, 3.8) is 0 Å². The van der Waals surface area contributed by atoms with E-state index >= 15 is 0 Å². The third-order valence-corrected chi connectivity index (χ3v) is 4.15. The molecule has 0 bridgehead atoms. The molecule has 1 unspecified atom stereocenters. The Balaban J connectivity index is 1.85. The van der Waals surface area contributed by atoms with Crippen LogP contribution in [0.5, 0.6) is 0 Å². The van der Waals surface area contributed by atoms with Crippen LogP contribution in [0.4, 0.5) is 0 Å². The Morgan fingerprint density at radius 1 is 1.25 bits per heavy atom. The van der Waals surface area contributed by atoms with Crippen molar-refractivity contribution in [2.45, 2.75) is 38.1 Å². The zero-order valence-electron chi connectivity index (χ0n) is 9.75. The number of nitrogens with one attached hydrogen (secondary N) is 1. The minimum Gasteiger partial charge on any atom is -0.355 e. The number of amides is 1. The van der Waals surface area contributed by atoms with Gasteiger partial charge in [-0.2, -0.15) is 0 Å². The zero-order valence-corrected chi connectivity index (χ0v) is 10.5. The summed E-state index contributed by atoms with van der Waals surface area (Å²) in [6.07, 6.45) is 6.53. The first-order chi connectivity index (χ1) is 7.81. The van der Waals surface area contributed by atoms with Gasteiger partial charge < -0.3 is 10.2 Å².